The first-order valence-electron chi connectivity index (χ1n) is 9.12. The summed E-state index contributed by atoms with van der Waals surface area (Å²) >= 11 is 3.33. The van der Waals surface area contributed by atoms with Crippen molar-refractivity contribution in [3.63, 3.8) is 0 Å². The highest BCUT2D eigenvalue weighted by atomic mass is 32.2. The van der Waals surface area contributed by atoms with Gasteiger partial charge < -0.3 is 10.6 Å². The van der Waals surface area contributed by atoms with Crippen molar-refractivity contribution in [2.45, 2.75) is 24.3 Å². The zero-order valence-corrected chi connectivity index (χ0v) is 17.1. The lowest BCUT2D eigenvalue weighted by molar-refractivity contribution is -0.136. The van der Waals surface area contributed by atoms with Gasteiger partial charge in [-0.05, 0) is 61.7 Å². The van der Waals surface area contributed by atoms with Crippen LogP contribution in [0, 0.1) is 5.92 Å². The summed E-state index contributed by atoms with van der Waals surface area (Å²) in [5, 5.41) is 7.61. The van der Waals surface area contributed by atoms with Crippen molar-refractivity contribution in [3.05, 3.63) is 46.7 Å². The van der Waals surface area contributed by atoms with Crippen molar-refractivity contribution in [2.75, 3.05) is 31.2 Å². The molecule has 1 aliphatic heterocycles. The topological polar surface area (TPSA) is 61.4 Å². The Kier molecular flexibility index (Phi) is 7.32. The number of thioether (sulfide) groups is 1. The molecule has 144 valence electrons. The molecule has 2 heterocycles. The first-order valence-corrected chi connectivity index (χ1v) is 11.2. The molecule has 1 aromatic heterocycles. The van der Waals surface area contributed by atoms with E-state index in [1.807, 2.05) is 24.5 Å². The maximum absolute atomic E-state index is 12.1. The molecule has 1 fully saturated rings. The van der Waals surface area contributed by atoms with Crippen molar-refractivity contribution in [2.24, 2.45) is 5.92 Å². The van der Waals surface area contributed by atoms with Gasteiger partial charge in [0.25, 0.3) is 0 Å². The Hall–Kier alpha value is -1.83. The molecule has 1 saturated heterocycles. The number of carbonyl (C=O) groups is 2. The molecule has 2 N–H and O–H groups in total. The van der Waals surface area contributed by atoms with Gasteiger partial charge in [-0.2, -0.15) is 0 Å². The maximum Gasteiger partial charge on any atom is 0.313 e. The summed E-state index contributed by atoms with van der Waals surface area (Å²) in [5.41, 5.74) is 0.673. The van der Waals surface area contributed by atoms with E-state index in [-0.39, 0.29) is 0 Å². The van der Waals surface area contributed by atoms with Gasteiger partial charge in [0.05, 0.1) is 5.69 Å². The second-order valence-electron chi connectivity index (χ2n) is 6.66. The third-order valence-corrected chi connectivity index (χ3v) is 6.44. The zero-order chi connectivity index (χ0) is 19.1. The average Bonchev–Trinajstić information content (AvgIpc) is 3.20. The number of likely N-dealkylation sites (tertiary alicyclic amines) is 1. The van der Waals surface area contributed by atoms with Crippen molar-refractivity contribution < 1.29 is 9.59 Å². The van der Waals surface area contributed by atoms with Crippen molar-refractivity contribution in [3.8, 4) is 0 Å². The molecule has 0 saturated carbocycles. The molecule has 1 aliphatic rings. The minimum atomic E-state index is -0.605. The van der Waals surface area contributed by atoms with E-state index in [0.717, 1.165) is 37.4 Å². The predicted octanol–water partition coefficient (Wildman–Crippen LogP) is 3.44. The Labute approximate surface area is 168 Å². The highest BCUT2D eigenvalue weighted by molar-refractivity contribution is 7.98. The number of hydrogen-bond donors (Lipinski definition) is 2. The third-order valence-electron chi connectivity index (χ3n) is 4.78. The van der Waals surface area contributed by atoms with E-state index < -0.39 is 11.8 Å². The SMILES string of the molecule is CSc1ccccc1NC(=O)C(=O)NCC1CCN(Cc2cccs2)CC1. The van der Waals surface area contributed by atoms with Crippen molar-refractivity contribution in [1.82, 2.24) is 10.2 Å². The van der Waals surface area contributed by atoms with Gasteiger partial charge in [0, 0.05) is 22.9 Å². The molecule has 27 heavy (non-hydrogen) atoms. The van der Waals surface area contributed by atoms with E-state index in [1.54, 1.807) is 17.4 Å². The van der Waals surface area contributed by atoms with E-state index >= 15 is 0 Å². The van der Waals surface area contributed by atoms with Gasteiger partial charge in [0.1, 0.15) is 0 Å². The normalized spacial score (nSPS) is 15.4. The second kappa shape index (κ2) is 9.92. The number of carbonyl (C=O) groups excluding carboxylic acids is 2. The summed E-state index contributed by atoms with van der Waals surface area (Å²) in [6, 6.07) is 11.7. The Morgan fingerprint density at radius 3 is 2.63 bits per heavy atom. The van der Waals surface area contributed by atoms with Crippen LogP contribution in [0.2, 0.25) is 0 Å². The number of nitrogens with one attached hydrogen (secondary N) is 2. The Morgan fingerprint density at radius 2 is 1.93 bits per heavy atom. The Balaban J connectivity index is 1.39. The third kappa shape index (κ3) is 5.82. The first kappa shape index (κ1) is 19.9. The quantitative estimate of drug-likeness (QED) is 0.573. The first-order chi connectivity index (χ1) is 13.2. The summed E-state index contributed by atoms with van der Waals surface area (Å²) in [7, 11) is 0. The number of nitrogens with zero attached hydrogens (tertiary/aromatic N) is 1. The van der Waals surface area contributed by atoms with E-state index in [0.29, 0.717) is 18.2 Å². The molecule has 0 spiro atoms. The lowest BCUT2D eigenvalue weighted by Crippen LogP contribution is -2.41. The van der Waals surface area contributed by atoms with E-state index in [2.05, 4.69) is 33.0 Å². The zero-order valence-electron chi connectivity index (χ0n) is 15.4. The fourth-order valence-corrected chi connectivity index (χ4v) is 4.52. The lowest BCUT2D eigenvalue weighted by Gasteiger charge is -2.31. The van der Waals surface area contributed by atoms with Crippen LogP contribution in [-0.2, 0) is 16.1 Å². The van der Waals surface area contributed by atoms with Crippen LogP contribution in [0.4, 0.5) is 5.69 Å². The number of benzene rings is 1. The molecule has 0 bridgehead atoms. The highest BCUT2D eigenvalue weighted by Gasteiger charge is 2.22. The van der Waals surface area contributed by atoms with Gasteiger partial charge in [-0.1, -0.05) is 18.2 Å². The monoisotopic (exact) mass is 403 g/mol. The Morgan fingerprint density at radius 1 is 1.15 bits per heavy atom. The summed E-state index contributed by atoms with van der Waals surface area (Å²) < 4.78 is 0. The Bertz CT molecular complexity index is 756. The molecule has 2 amide bonds. The summed E-state index contributed by atoms with van der Waals surface area (Å²) in [6.45, 7) is 3.63. The molecule has 0 atom stereocenters. The largest absolute Gasteiger partial charge is 0.348 e. The number of piperidine rings is 1. The van der Waals surface area contributed by atoms with Gasteiger partial charge in [-0.25, -0.2) is 0 Å². The van der Waals surface area contributed by atoms with Crippen LogP contribution in [0.25, 0.3) is 0 Å². The molecule has 0 unspecified atom stereocenters. The van der Waals surface area contributed by atoms with Crippen LogP contribution in [0.5, 0.6) is 0 Å². The number of rotatable bonds is 6. The number of para-hydroxylation sites is 1. The predicted molar refractivity (Wildman–Crippen MR) is 112 cm³/mol. The molecule has 7 heteroatoms. The minimum absolute atomic E-state index is 0.430. The summed E-state index contributed by atoms with van der Waals surface area (Å²) in [4.78, 5) is 29.1. The van der Waals surface area contributed by atoms with Crippen LogP contribution < -0.4 is 10.6 Å². The molecule has 0 aliphatic carbocycles. The van der Waals surface area contributed by atoms with Crippen molar-refractivity contribution >= 4 is 40.6 Å². The average molecular weight is 404 g/mol. The van der Waals surface area contributed by atoms with Crippen LogP contribution in [0.1, 0.15) is 17.7 Å². The molecular formula is C20H25N3O2S2. The molecule has 2 aromatic rings. The second-order valence-corrected chi connectivity index (χ2v) is 8.54. The van der Waals surface area contributed by atoms with Crippen LogP contribution in [0.3, 0.4) is 0 Å². The number of thiophene rings is 1. The van der Waals surface area contributed by atoms with Gasteiger partial charge in [-0.3, -0.25) is 14.5 Å². The van der Waals surface area contributed by atoms with Gasteiger partial charge in [0.15, 0.2) is 0 Å². The summed E-state index contributed by atoms with van der Waals surface area (Å²) in [6.07, 6.45) is 4.03. The maximum atomic E-state index is 12.1. The van der Waals surface area contributed by atoms with Crippen LogP contribution in [-0.4, -0.2) is 42.6 Å². The van der Waals surface area contributed by atoms with Gasteiger partial charge in [0.2, 0.25) is 0 Å². The smallest absolute Gasteiger partial charge is 0.313 e. The van der Waals surface area contributed by atoms with Crippen LogP contribution in [0.15, 0.2) is 46.7 Å². The number of amides is 2. The molecule has 5 nitrogen and oxygen atoms in total. The highest BCUT2D eigenvalue weighted by Crippen LogP contribution is 2.24. The van der Waals surface area contributed by atoms with Gasteiger partial charge >= 0.3 is 11.8 Å². The van der Waals surface area contributed by atoms with E-state index in [4.69, 9.17) is 0 Å². The molecular weight excluding hydrogens is 378 g/mol. The molecule has 3 rings (SSSR count). The lowest BCUT2D eigenvalue weighted by atomic mass is 9.97. The van der Waals surface area contributed by atoms with E-state index in [1.165, 1.54) is 16.6 Å². The summed E-state index contributed by atoms with van der Waals surface area (Å²) in [5.74, 6) is -0.738. The molecule has 0 radical (unpaired) electrons. The van der Waals surface area contributed by atoms with E-state index in [9.17, 15) is 9.59 Å². The molecule has 1 aromatic carbocycles. The minimum Gasteiger partial charge on any atom is -0.348 e. The number of hydrogen-bond acceptors (Lipinski definition) is 5. The van der Waals surface area contributed by atoms with Crippen molar-refractivity contribution in [1.29, 1.82) is 0 Å². The van der Waals surface area contributed by atoms with Gasteiger partial charge in [-0.15, -0.1) is 23.1 Å². The van der Waals surface area contributed by atoms with Crippen LogP contribution >= 0.6 is 23.1 Å². The fraction of sp³-hybridized carbons (Fsp3) is 0.400. The standard InChI is InChI=1S/C20H25N3O2S2/c1-26-18-7-3-2-6-17(18)22-20(25)19(24)21-13-15-8-10-23(11-9-15)14-16-5-4-12-27-16/h2-7,12,15H,8-11,13-14H2,1H3,(H,21,24)(H,22,25). The fourth-order valence-electron chi connectivity index (χ4n) is 3.22. The number of anilines is 1.